The number of rotatable bonds is 4. The van der Waals surface area contributed by atoms with E-state index in [1.165, 1.54) is 0 Å². The number of carbonyl (C=O) groups is 1. The minimum Gasteiger partial charge on any atom is -0.347 e. The van der Waals surface area contributed by atoms with Crippen molar-refractivity contribution >= 4 is 40.9 Å². The molecule has 1 aromatic carbocycles. The summed E-state index contributed by atoms with van der Waals surface area (Å²) in [4.78, 5) is 14.1. The van der Waals surface area contributed by atoms with E-state index in [0.29, 0.717) is 10.0 Å². The highest BCUT2D eigenvalue weighted by Gasteiger charge is 2.38. The zero-order chi connectivity index (χ0) is 14.0. The Kier molecular flexibility index (Phi) is 5.01. The molecule has 1 aliphatic rings. The van der Waals surface area contributed by atoms with Crippen LogP contribution in [0.4, 0.5) is 0 Å². The number of amides is 1. The quantitative estimate of drug-likeness (QED) is 0.923. The van der Waals surface area contributed by atoms with Crippen molar-refractivity contribution in [1.29, 1.82) is 0 Å². The number of thioether (sulfide) groups is 1. The second-order valence-electron chi connectivity index (χ2n) is 4.53. The monoisotopic (exact) mass is 319 g/mol. The molecule has 0 unspecified atom stereocenters. The van der Waals surface area contributed by atoms with Crippen molar-refractivity contribution in [3.8, 4) is 0 Å². The lowest BCUT2D eigenvalue weighted by molar-refractivity contribution is -0.626. The Morgan fingerprint density at radius 2 is 2.11 bits per heavy atom. The van der Waals surface area contributed by atoms with Crippen LogP contribution >= 0.6 is 35.0 Å². The first-order chi connectivity index (χ1) is 9.04. The average Bonchev–Trinajstić information content (AvgIpc) is 2.67. The molecule has 2 rings (SSSR count). The molecule has 0 spiro atoms. The predicted octanol–water partition coefficient (Wildman–Crippen LogP) is 2.15. The molecule has 1 aromatic rings. The molecular weight excluding hydrogens is 303 g/mol. The molecule has 104 valence electrons. The normalized spacial score (nSPS) is 23.2. The lowest BCUT2D eigenvalue weighted by Gasteiger charge is -2.23. The molecule has 0 radical (unpaired) electrons. The molecule has 2 atom stereocenters. The van der Waals surface area contributed by atoms with Gasteiger partial charge in [0.15, 0.2) is 0 Å². The smallest absolute Gasteiger partial charge is 0.236 e. The van der Waals surface area contributed by atoms with Crippen molar-refractivity contribution in [2.45, 2.75) is 17.5 Å². The van der Waals surface area contributed by atoms with Gasteiger partial charge in [-0.05, 0) is 24.6 Å². The van der Waals surface area contributed by atoms with Crippen molar-refractivity contribution in [1.82, 2.24) is 4.90 Å². The molecule has 1 fully saturated rings. The van der Waals surface area contributed by atoms with Crippen LogP contribution in [0.5, 0.6) is 0 Å². The van der Waals surface area contributed by atoms with Gasteiger partial charge < -0.3 is 10.2 Å². The number of hydrogen-bond acceptors (Lipinski definition) is 2. The van der Waals surface area contributed by atoms with Crippen LogP contribution in [-0.4, -0.2) is 36.2 Å². The van der Waals surface area contributed by atoms with Crippen molar-refractivity contribution in [3.63, 3.8) is 0 Å². The Balaban J connectivity index is 2.25. The second-order valence-corrected chi connectivity index (χ2v) is 6.77. The largest absolute Gasteiger partial charge is 0.347 e. The predicted molar refractivity (Wildman–Crippen MR) is 80.7 cm³/mol. The van der Waals surface area contributed by atoms with Gasteiger partial charge in [-0.2, -0.15) is 0 Å². The molecular formula is C13H17Cl2N2OS+. The van der Waals surface area contributed by atoms with Crippen molar-refractivity contribution in [3.05, 3.63) is 33.8 Å². The Morgan fingerprint density at radius 3 is 2.74 bits per heavy atom. The van der Waals surface area contributed by atoms with E-state index in [0.717, 1.165) is 18.7 Å². The summed E-state index contributed by atoms with van der Waals surface area (Å²) >= 11 is 13.7. The van der Waals surface area contributed by atoms with Gasteiger partial charge in [0, 0.05) is 0 Å². The standard InChI is InChI=1S/C13H16Cl2N2OS/c1-8-12(18)17(6-5-16-2)13(19-8)9-3-4-10(14)11(15)7-9/h3-4,7-8,13,16H,5-6H2,1-2H3/p+1/t8-,13+/m0/s1. The van der Waals surface area contributed by atoms with Crippen LogP contribution in [0.1, 0.15) is 17.9 Å². The summed E-state index contributed by atoms with van der Waals surface area (Å²) in [5.41, 5.74) is 1.04. The maximum Gasteiger partial charge on any atom is 0.236 e. The van der Waals surface area contributed by atoms with Gasteiger partial charge >= 0.3 is 0 Å². The summed E-state index contributed by atoms with van der Waals surface area (Å²) in [6, 6.07) is 5.59. The van der Waals surface area contributed by atoms with Crippen molar-refractivity contribution in [2.24, 2.45) is 0 Å². The minimum atomic E-state index is -0.00342. The molecule has 0 bridgehead atoms. The fourth-order valence-electron chi connectivity index (χ4n) is 2.09. The molecule has 0 aromatic heterocycles. The lowest BCUT2D eigenvalue weighted by Crippen LogP contribution is -2.81. The van der Waals surface area contributed by atoms with Gasteiger partial charge in [-0.1, -0.05) is 29.3 Å². The van der Waals surface area contributed by atoms with Crippen LogP contribution in [0.15, 0.2) is 18.2 Å². The Bertz CT molecular complexity index is 484. The number of quaternary nitrogens is 1. The molecule has 2 N–H and O–H groups in total. The molecule has 1 heterocycles. The van der Waals surface area contributed by atoms with Crippen molar-refractivity contribution in [2.75, 3.05) is 20.1 Å². The first-order valence-electron chi connectivity index (χ1n) is 6.23. The van der Waals surface area contributed by atoms with Crippen LogP contribution < -0.4 is 5.32 Å². The van der Waals surface area contributed by atoms with Gasteiger partial charge in [0.1, 0.15) is 5.37 Å². The number of likely N-dealkylation sites (N-methyl/N-ethyl adjacent to an activating group) is 1. The zero-order valence-electron chi connectivity index (χ0n) is 10.9. The Hall–Kier alpha value is -0.420. The fraction of sp³-hybridized carbons (Fsp3) is 0.462. The first kappa shape index (κ1) is 15.0. The first-order valence-corrected chi connectivity index (χ1v) is 7.93. The number of benzene rings is 1. The molecule has 0 saturated carbocycles. The SMILES string of the molecule is C[NH2+]CCN1C(=O)[C@H](C)S[C@@H]1c1ccc(Cl)c(Cl)c1. The number of nitrogens with zero attached hydrogens (tertiary/aromatic N) is 1. The molecule has 1 saturated heterocycles. The summed E-state index contributed by atoms with van der Waals surface area (Å²) in [7, 11) is 2.01. The van der Waals surface area contributed by atoms with E-state index in [4.69, 9.17) is 23.2 Å². The number of hydrogen-bond donors (Lipinski definition) is 1. The van der Waals surface area contributed by atoms with Gasteiger partial charge in [0.25, 0.3) is 0 Å². The highest BCUT2D eigenvalue weighted by molar-refractivity contribution is 8.01. The van der Waals surface area contributed by atoms with Crippen LogP contribution in [0.25, 0.3) is 0 Å². The highest BCUT2D eigenvalue weighted by atomic mass is 35.5. The van der Waals surface area contributed by atoms with E-state index in [1.807, 2.05) is 31.0 Å². The second kappa shape index (κ2) is 6.35. The van der Waals surface area contributed by atoms with E-state index in [-0.39, 0.29) is 16.5 Å². The van der Waals surface area contributed by atoms with Crippen molar-refractivity contribution < 1.29 is 10.1 Å². The van der Waals surface area contributed by atoms with Gasteiger partial charge in [0.2, 0.25) is 5.91 Å². The maximum absolute atomic E-state index is 12.2. The summed E-state index contributed by atoms with van der Waals surface area (Å²) in [6.07, 6.45) is 0. The van der Waals surface area contributed by atoms with Crippen LogP contribution in [-0.2, 0) is 4.79 Å². The number of nitrogens with two attached hydrogens (primary N) is 1. The third-order valence-corrected chi connectivity index (χ3v) is 5.27. The molecule has 0 aliphatic carbocycles. The summed E-state index contributed by atoms with van der Waals surface area (Å²) in [6.45, 7) is 3.60. The van der Waals surface area contributed by atoms with E-state index < -0.39 is 0 Å². The molecule has 6 heteroatoms. The average molecular weight is 320 g/mol. The van der Waals surface area contributed by atoms with E-state index in [9.17, 15) is 4.79 Å². The van der Waals surface area contributed by atoms with Crippen LogP contribution in [0.3, 0.4) is 0 Å². The van der Waals surface area contributed by atoms with Gasteiger partial charge in [-0.15, -0.1) is 11.8 Å². The third-order valence-electron chi connectivity index (χ3n) is 3.13. The van der Waals surface area contributed by atoms with Crippen LogP contribution in [0.2, 0.25) is 10.0 Å². The minimum absolute atomic E-state index is 0.00342. The number of halogens is 2. The Morgan fingerprint density at radius 1 is 1.37 bits per heavy atom. The van der Waals surface area contributed by atoms with E-state index >= 15 is 0 Å². The summed E-state index contributed by atoms with van der Waals surface area (Å²) < 4.78 is 0. The van der Waals surface area contributed by atoms with Gasteiger partial charge in [-0.3, -0.25) is 4.79 Å². The lowest BCUT2D eigenvalue weighted by atomic mass is 10.2. The summed E-state index contributed by atoms with van der Waals surface area (Å²) in [5.74, 6) is 0.197. The van der Waals surface area contributed by atoms with E-state index in [1.54, 1.807) is 17.8 Å². The molecule has 3 nitrogen and oxygen atoms in total. The maximum atomic E-state index is 12.2. The molecule has 1 aliphatic heterocycles. The number of carbonyl (C=O) groups excluding carboxylic acids is 1. The van der Waals surface area contributed by atoms with Gasteiger partial charge in [0.05, 0.1) is 35.4 Å². The highest BCUT2D eigenvalue weighted by Crippen LogP contribution is 2.43. The molecule has 19 heavy (non-hydrogen) atoms. The fourth-order valence-corrected chi connectivity index (χ4v) is 3.70. The van der Waals surface area contributed by atoms with Gasteiger partial charge in [-0.25, -0.2) is 0 Å². The zero-order valence-corrected chi connectivity index (χ0v) is 13.2. The van der Waals surface area contributed by atoms with Crippen LogP contribution in [0, 0.1) is 0 Å². The Labute approximate surface area is 127 Å². The molecule has 1 amide bonds. The topological polar surface area (TPSA) is 36.9 Å². The van der Waals surface area contributed by atoms with E-state index in [2.05, 4.69) is 5.32 Å². The third kappa shape index (κ3) is 3.19. The summed E-state index contributed by atoms with van der Waals surface area (Å²) in [5, 5.41) is 3.19.